The Morgan fingerprint density at radius 1 is 1.12 bits per heavy atom. The van der Waals surface area contributed by atoms with Gasteiger partial charge in [-0.1, -0.05) is 30.3 Å². The highest BCUT2D eigenvalue weighted by Gasteiger charge is 2.41. The highest BCUT2D eigenvalue weighted by Crippen LogP contribution is 2.35. The minimum Gasteiger partial charge on any atom is -0.489 e. The first-order valence-corrected chi connectivity index (χ1v) is 14.6. The quantitative estimate of drug-likeness (QED) is 0.317. The number of amides is 1. The monoisotopic (exact) mass is 614 g/mol. The molecule has 4 aromatic rings. The Morgan fingerprint density at radius 3 is 2.51 bits per heavy atom. The predicted molar refractivity (Wildman–Crippen MR) is 148 cm³/mol. The van der Waals surface area contributed by atoms with Gasteiger partial charge in [-0.3, -0.25) is 4.79 Å². The molecule has 224 valence electrons. The fraction of sp³-hybridized carbons (Fsp3) is 0.250. The van der Waals surface area contributed by atoms with Gasteiger partial charge in [0.1, 0.15) is 11.5 Å². The number of ether oxygens (including phenoxy) is 2. The highest BCUT2D eigenvalue weighted by atomic mass is 32.2. The summed E-state index contributed by atoms with van der Waals surface area (Å²) in [6.07, 6.45) is 4.31. The SMILES string of the molecule is Cn1cc2c(c1C(=O)Nc1cc(F)c(F)c(F)c1)OCC1CN(c3ncc(OCc4ccccc4)cn3)CC1NS2(=O)=O. The topological polar surface area (TPSA) is 128 Å². The van der Waals surface area contributed by atoms with Crippen LogP contribution < -0.4 is 24.4 Å². The lowest BCUT2D eigenvalue weighted by Gasteiger charge is -2.23. The van der Waals surface area contributed by atoms with Crippen molar-refractivity contribution in [3.8, 4) is 11.5 Å². The van der Waals surface area contributed by atoms with Crippen LogP contribution in [0.4, 0.5) is 24.8 Å². The van der Waals surface area contributed by atoms with E-state index in [1.54, 1.807) is 12.4 Å². The van der Waals surface area contributed by atoms with Crippen molar-refractivity contribution >= 4 is 27.6 Å². The summed E-state index contributed by atoms with van der Waals surface area (Å²) in [5.41, 5.74) is 0.439. The molecule has 0 spiro atoms. The number of carbonyl (C=O) groups excluding carboxylic acids is 1. The third-order valence-corrected chi connectivity index (χ3v) is 8.67. The summed E-state index contributed by atoms with van der Waals surface area (Å²) in [6.45, 7) is 1.03. The Bertz CT molecular complexity index is 1760. The van der Waals surface area contributed by atoms with Crippen molar-refractivity contribution in [3.63, 3.8) is 0 Å². The molecule has 0 bridgehead atoms. The standard InChI is InChI=1S/C28H25F3N6O5S/c1-36-13-23-26(25(36)27(38)34-18-7-20(29)24(31)21(30)8-18)42-15-17-11-37(12-22(17)35-43(23,39)40)28-32-9-19(10-33-28)41-14-16-5-3-2-4-6-16/h2-10,13,17,22,35H,11-12,14-15H2,1H3,(H,34,38). The number of fused-ring (bicyclic) bond motifs is 2. The van der Waals surface area contributed by atoms with Gasteiger partial charge in [-0.15, -0.1) is 0 Å². The lowest BCUT2D eigenvalue weighted by Crippen LogP contribution is -2.43. The first-order valence-electron chi connectivity index (χ1n) is 13.1. The Hall–Kier alpha value is -4.63. The third kappa shape index (κ3) is 5.72. The van der Waals surface area contributed by atoms with E-state index in [4.69, 9.17) is 9.47 Å². The molecule has 2 N–H and O–H groups in total. The molecule has 2 atom stereocenters. The summed E-state index contributed by atoms with van der Waals surface area (Å²) < 4.78 is 83.1. The molecule has 43 heavy (non-hydrogen) atoms. The van der Waals surface area contributed by atoms with Crippen LogP contribution in [-0.2, 0) is 23.7 Å². The van der Waals surface area contributed by atoms with Crippen LogP contribution in [0.3, 0.4) is 0 Å². The normalized spacial score (nSPS) is 19.0. The molecule has 4 heterocycles. The summed E-state index contributed by atoms with van der Waals surface area (Å²) in [5, 5.41) is 2.27. The summed E-state index contributed by atoms with van der Waals surface area (Å²) in [6, 6.07) is 10.3. The summed E-state index contributed by atoms with van der Waals surface area (Å²) >= 11 is 0. The summed E-state index contributed by atoms with van der Waals surface area (Å²) in [7, 11) is -2.73. The second kappa shape index (κ2) is 11.2. The second-order valence-corrected chi connectivity index (χ2v) is 11.9. The van der Waals surface area contributed by atoms with Crippen LogP contribution in [0.2, 0.25) is 0 Å². The van der Waals surface area contributed by atoms with Crippen molar-refractivity contribution in [1.29, 1.82) is 0 Å². The lowest BCUT2D eigenvalue weighted by atomic mass is 10.1. The van der Waals surface area contributed by atoms with E-state index in [1.807, 2.05) is 35.2 Å². The van der Waals surface area contributed by atoms with Gasteiger partial charge in [0.25, 0.3) is 5.91 Å². The van der Waals surface area contributed by atoms with E-state index in [2.05, 4.69) is 20.0 Å². The maximum atomic E-state index is 13.7. The number of aryl methyl sites for hydroxylation is 1. The van der Waals surface area contributed by atoms with Crippen LogP contribution in [0.5, 0.6) is 11.5 Å². The first kappa shape index (κ1) is 28.5. The first-order chi connectivity index (χ1) is 20.6. The van der Waals surface area contributed by atoms with Crippen molar-refractivity contribution in [2.45, 2.75) is 17.5 Å². The molecule has 2 aliphatic heterocycles. The maximum absolute atomic E-state index is 13.7. The van der Waals surface area contributed by atoms with Gasteiger partial charge in [0.2, 0.25) is 16.0 Å². The number of hydrogen-bond acceptors (Lipinski definition) is 8. The Morgan fingerprint density at radius 2 is 1.81 bits per heavy atom. The van der Waals surface area contributed by atoms with Gasteiger partial charge >= 0.3 is 0 Å². The highest BCUT2D eigenvalue weighted by molar-refractivity contribution is 7.89. The fourth-order valence-electron chi connectivity index (χ4n) is 5.07. The van der Waals surface area contributed by atoms with Crippen LogP contribution in [0.1, 0.15) is 16.1 Å². The van der Waals surface area contributed by atoms with Gasteiger partial charge in [0.15, 0.2) is 34.6 Å². The third-order valence-electron chi connectivity index (χ3n) is 7.18. The average molecular weight is 615 g/mol. The zero-order chi connectivity index (χ0) is 30.3. The fourth-order valence-corrected chi connectivity index (χ4v) is 6.56. The van der Waals surface area contributed by atoms with E-state index >= 15 is 0 Å². The number of carbonyl (C=O) groups is 1. The minimum absolute atomic E-state index is 0.0407. The van der Waals surface area contributed by atoms with E-state index < -0.39 is 39.4 Å². The van der Waals surface area contributed by atoms with Crippen molar-refractivity contribution in [1.82, 2.24) is 19.3 Å². The van der Waals surface area contributed by atoms with Crippen LogP contribution in [0.15, 0.2) is 66.0 Å². The smallest absolute Gasteiger partial charge is 0.276 e. The van der Waals surface area contributed by atoms with Crippen LogP contribution in [0, 0.1) is 23.4 Å². The molecule has 15 heteroatoms. The largest absolute Gasteiger partial charge is 0.489 e. The molecule has 0 aliphatic carbocycles. The molecule has 0 saturated carbocycles. The zero-order valence-corrected chi connectivity index (χ0v) is 23.4. The number of rotatable bonds is 6. The number of sulfonamides is 1. The molecular weight excluding hydrogens is 589 g/mol. The van der Waals surface area contributed by atoms with E-state index in [0.29, 0.717) is 37.0 Å². The van der Waals surface area contributed by atoms with E-state index in [0.717, 1.165) is 5.56 Å². The van der Waals surface area contributed by atoms with Gasteiger partial charge in [-0.2, -0.15) is 0 Å². The van der Waals surface area contributed by atoms with Crippen molar-refractivity contribution in [2.24, 2.45) is 13.0 Å². The molecule has 1 amide bonds. The molecule has 0 radical (unpaired) electrons. The molecule has 2 aromatic heterocycles. The molecule has 2 aromatic carbocycles. The number of nitrogens with one attached hydrogen (secondary N) is 2. The molecule has 11 nitrogen and oxygen atoms in total. The number of aromatic nitrogens is 3. The summed E-state index contributed by atoms with van der Waals surface area (Å²) in [4.78, 5) is 23.4. The van der Waals surface area contributed by atoms with Gasteiger partial charge in [-0.05, 0) is 5.56 Å². The lowest BCUT2D eigenvalue weighted by molar-refractivity contribution is 0.101. The maximum Gasteiger partial charge on any atom is 0.276 e. The van der Waals surface area contributed by atoms with Crippen molar-refractivity contribution in [2.75, 3.05) is 29.9 Å². The van der Waals surface area contributed by atoms with E-state index in [1.165, 1.54) is 17.8 Å². The van der Waals surface area contributed by atoms with Crippen molar-refractivity contribution < 1.29 is 35.9 Å². The second-order valence-electron chi connectivity index (χ2n) is 10.2. The Kier molecular flexibility index (Phi) is 7.43. The number of anilines is 2. The van der Waals surface area contributed by atoms with Crippen LogP contribution >= 0.6 is 0 Å². The van der Waals surface area contributed by atoms with Crippen molar-refractivity contribution in [3.05, 3.63) is 89.8 Å². The number of nitrogens with zero attached hydrogens (tertiary/aromatic N) is 4. The average Bonchev–Trinajstić information content (AvgIpc) is 3.53. The molecule has 6 rings (SSSR count). The van der Waals surface area contributed by atoms with E-state index in [9.17, 15) is 26.4 Å². The van der Waals surface area contributed by atoms with E-state index in [-0.39, 0.29) is 41.1 Å². The number of hydrogen-bond donors (Lipinski definition) is 2. The minimum atomic E-state index is -4.16. The van der Waals surface area contributed by atoms with Crippen LogP contribution in [0.25, 0.3) is 0 Å². The predicted octanol–water partition coefficient (Wildman–Crippen LogP) is 3.24. The zero-order valence-electron chi connectivity index (χ0n) is 22.6. The van der Waals surface area contributed by atoms with Crippen LogP contribution in [-0.4, -0.2) is 54.6 Å². The summed E-state index contributed by atoms with van der Waals surface area (Å²) in [5.74, 6) is -5.25. The number of benzene rings is 2. The Balaban J connectivity index is 1.17. The molecule has 2 aliphatic rings. The molecule has 1 fully saturated rings. The van der Waals surface area contributed by atoms with Gasteiger partial charge < -0.3 is 24.3 Å². The molecule has 1 saturated heterocycles. The molecular formula is C28H25F3N6O5S. The Labute approximate surface area is 244 Å². The van der Waals surface area contributed by atoms with Gasteiger partial charge in [0.05, 0.1) is 19.0 Å². The number of halogens is 3. The van der Waals surface area contributed by atoms with Gasteiger partial charge in [0, 0.05) is 56.1 Å². The molecule has 2 unspecified atom stereocenters. The van der Waals surface area contributed by atoms with Gasteiger partial charge in [-0.25, -0.2) is 36.3 Å².